The highest BCUT2D eigenvalue weighted by molar-refractivity contribution is 5.24. The summed E-state index contributed by atoms with van der Waals surface area (Å²) in [5.41, 5.74) is 0.375. The smallest absolute Gasteiger partial charge is 0.312 e. The zero-order valence-electron chi connectivity index (χ0n) is 17.6. The Morgan fingerprint density at radius 1 is 1.00 bits per heavy atom. The summed E-state index contributed by atoms with van der Waals surface area (Å²) in [6.07, 6.45) is 5.39. The number of unbranched alkanes of at least 4 members (excludes halogenated alkanes) is 3. The lowest BCUT2D eigenvalue weighted by Gasteiger charge is -2.18. The molecule has 1 unspecified atom stereocenters. The third-order valence-electron chi connectivity index (χ3n) is 5.20. The van der Waals surface area contributed by atoms with E-state index in [-0.39, 0.29) is 24.0 Å². The molecule has 8 heteroatoms. The van der Waals surface area contributed by atoms with Gasteiger partial charge in [-0.2, -0.15) is 18.3 Å². The zero-order valence-corrected chi connectivity index (χ0v) is 17.6. The van der Waals surface area contributed by atoms with Crippen molar-refractivity contribution < 1.29 is 13.2 Å². The normalized spacial score (nSPS) is 12.8. The Kier molecular flexibility index (Phi) is 8.17. The average molecular weight is 432 g/mol. The van der Waals surface area contributed by atoms with Gasteiger partial charge in [-0.3, -0.25) is 0 Å². The lowest BCUT2D eigenvalue weighted by atomic mass is 9.93. The molecule has 1 N–H and O–H groups in total. The maximum absolute atomic E-state index is 13.5. The van der Waals surface area contributed by atoms with E-state index in [4.69, 9.17) is 0 Å². The van der Waals surface area contributed by atoms with Crippen molar-refractivity contribution in [1.82, 2.24) is 25.1 Å². The van der Waals surface area contributed by atoms with Crippen LogP contribution in [0.1, 0.15) is 61.8 Å². The largest absolute Gasteiger partial charge is 0.435 e. The Morgan fingerprint density at radius 2 is 1.74 bits per heavy atom. The first kappa shape index (κ1) is 22.9. The van der Waals surface area contributed by atoms with E-state index in [2.05, 4.69) is 39.4 Å². The maximum Gasteiger partial charge on any atom is 0.435 e. The van der Waals surface area contributed by atoms with Crippen LogP contribution >= 0.6 is 0 Å². The lowest BCUT2D eigenvalue weighted by Crippen LogP contribution is -2.23. The Balaban J connectivity index is 1.70. The molecule has 0 saturated carbocycles. The summed E-state index contributed by atoms with van der Waals surface area (Å²) in [4.78, 5) is 7.97. The first-order valence-electron chi connectivity index (χ1n) is 10.7. The third-order valence-corrected chi connectivity index (χ3v) is 5.20. The molecule has 0 bridgehead atoms. The van der Waals surface area contributed by atoms with E-state index < -0.39 is 11.9 Å². The highest BCUT2D eigenvalue weighted by atomic mass is 19.4. The second-order valence-electron chi connectivity index (χ2n) is 7.58. The van der Waals surface area contributed by atoms with Crippen LogP contribution in [0.2, 0.25) is 0 Å². The molecule has 1 aromatic carbocycles. The predicted molar refractivity (Wildman–Crippen MR) is 114 cm³/mol. The number of nitrogens with zero attached hydrogens (tertiary/aromatic N) is 4. The summed E-state index contributed by atoms with van der Waals surface area (Å²) in [6, 6.07) is 11.7. The second-order valence-corrected chi connectivity index (χ2v) is 7.58. The van der Waals surface area contributed by atoms with E-state index in [0.717, 1.165) is 17.5 Å². The number of hydrogen-bond acceptors (Lipinski definition) is 4. The molecule has 0 amide bonds. The van der Waals surface area contributed by atoms with Crippen LogP contribution < -0.4 is 5.32 Å². The van der Waals surface area contributed by atoms with Crippen molar-refractivity contribution >= 4 is 0 Å². The van der Waals surface area contributed by atoms with Crippen LogP contribution in [0.25, 0.3) is 5.95 Å². The number of alkyl halides is 3. The van der Waals surface area contributed by atoms with Gasteiger partial charge in [-0.15, -0.1) is 0 Å². The van der Waals surface area contributed by atoms with Gasteiger partial charge in [0.05, 0.1) is 0 Å². The molecule has 0 radical (unpaired) electrons. The predicted octanol–water partition coefficient (Wildman–Crippen LogP) is 5.52. The summed E-state index contributed by atoms with van der Waals surface area (Å²) < 4.78 is 41.7. The van der Waals surface area contributed by atoms with Gasteiger partial charge < -0.3 is 5.32 Å². The SMILES string of the molecule is CCCCCCC(CNCc1cn(-c2ncccn2)nc1C(F)(F)F)c1ccccc1. The van der Waals surface area contributed by atoms with E-state index in [9.17, 15) is 13.2 Å². The van der Waals surface area contributed by atoms with Gasteiger partial charge in [-0.25, -0.2) is 14.6 Å². The summed E-state index contributed by atoms with van der Waals surface area (Å²) in [5, 5.41) is 6.93. The monoisotopic (exact) mass is 431 g/mol. The Bertz CT molecular complexity index is 910. The molecule has 1 atom stereocenters. The maximum atomic E-state index is 13.5. The van der Waals surface area contributed by atoms with Gasteiger partial charge in [0.25, 0.3) is 0 Å². The minimum Gasteiger partial charge on any atom is -0.312 e. The molecule has 3 rings (SSSR count). The van der Waals surface area contributed by atoms with Crippen LogP contribution in [0.4, 0.5) is 13.2 Å². The first-order chi connectivity index (χ1) is 15.0. The standard InChI is InChI=1S/C23H28F3N5/c1-2-3-4-6-12-19(18-10-7-5-8-11-18)15-27-16-20-17-31(22-28-13-9-14-29-22)30-21(20)23(24,25)26/h5,7-11,13-14,17,19,27H,2-4,6,12,15-16H2,1H3. The fraction of sp³-hybridized carbons (Fsp3) is 0.435. The van der Waals surface area contributed by atoms with Crippen molar-refractivity contribution in [3.8, 4) is 5.95 Å². The van der Waals surface area contributed by atoms with E-state index in [1.54, 1.807) is 6.07 Å². The molecular formula is C23H28F3N5. The average Bonchev–Trinajstić information content (AvgIpc) is 3.21. The van der Waals surface area contributed by atoms with E-state index >= 15 is 0 Å². The Labute approximate surface area is 180 Å². The molecule has 166 valence electrons. The summed E-state index contributed by atoms with van der Waals surface area (Å²) in [5.74, 6) is 0.359. The Hall–Kier alpha value is -2.74. The fourth-order valence-corrected chi connectivity index (χ4v) is 3.60. The highest BCUT2D eigenvalue weighted by Gasteiger charge is 2.37. The molecule has 0 saturated heterocycles. The number of benzene rings is 1. The number of rotatable bonds is 11. The van der Waals surface area contributed by atoms with Crippen molar-refractivity contribution in [3.05, 3.63) is 71.8 Å². The quantitative estimate of drug-likeness (QED) is 0.406. The van der Waals surface area contributed by atoms with Gasteiger partial charge in [0.1, 0.15) is 0 Å². The summed E-state index contributed by atoms with van der Waals surface area (Å²) in [6.45, 7) is 2.84. The van der Waals surface area contributed by atoms with E-state index in [1.165, 1.54) is 43.4 Å². The highest BCUT2D eigenvalue weighted by Crippen LogP contribution is 2.31. The minimum absolute atomic E-state index is 0.0694. The molecule has 2 aromatic heterocycles. The fourth-order valence-electron chi connectivity index (χ4n) is 3.60. The molecule has 2 heterocycles. The minimum atomic E-state index is -4.55. The van der Waals surface area contributed by atoms with Crippen LogP contribution in [-0.4, -0.2) is 26.3 Å². The van der Waals surface area contributed by atoms with Crippen molar-refractivity contribution in [1.29, 1.82) is 0 Å². The van der Waals surface area contributed by atoms with E-state index in [1.807, 2.05) is 18.2 Å². The van der Waals surface area contributed by atoms with Crippen LogP contribution in [0.3, 0.4) is 0 Å². The number of nitrogens with one attached hydrogen (secondary N) is 1. The number of hydrogen-bond donors (Lipinski definition) is 1. The van der Waals surface area contributed by atoms with Crippen molar-refractivity contribution in [2.24, 2.45) is 0 Å². The molecule has 0 fully saturated rings. The van der Waals surface area contributed by atoms with Gasteiger partial charge in [-0.1, -0.05) is 62.9 Å². The van der Waals surface area contributed by atoms with Gasteiger partial charge in [0.15, 0.2) is 5.69 Å². The van der Waals surface area contributed by atoms with E-state index in [0.29, 0.717) is 6.54 Å². The van der Waals surface area contributed by atoms with Gasteiger partial charge in [0, 0.05) is 37.2 Å². The lowest BCUT2D eigenvalue weighted by molar-refractivity contribution is -0.142. The van der Waals surface area contributed by atoms with Crippen molar-refractivity contribution in [2.45, 2.75) is 57.7 Å². The summed E-state index contributed by atoms with van der Waals surface area (Å²) >= 11 is 0. The van der Waals surface area contributed by atoms with Crippen molar-refractivity contribution in [3.63, 3.8) is 0 Å². The third kappa shape index (κ3) is 6.62. The molecule has 5 nitrogen and oxygen atoms in total. The van der Waals surface area contributed by atoms with Crippen LogP contribution in [-0.2, 0) is 12.7 Å². The van der Waals surface area contributed by atoms with Gasteiger partial charge in [-0.05, 0) is 24.0 Å². The Morgan fingerprint density at radius 3 is 2.42 bits per heavy atom. The first-order valence-corrected chi connectivity index (χ1v) is 10.7. The van der Waals surface area contributed by atoms with Crippen LogP contribution in [0.5, 0.6) is 0 Å². The molecule has 0 spiro atoms. The number of aromatic nitrogens is 4. The second kappa shape index (κ2) is 11.0. The molecule has 0 aliphatic rings. The summed E-state index contributed by atoms with van der Waals surface area (Å²) in [7, 11) is 0. The van der Waals surface area contributed by atoms with Gasteiger partial charge >= 0.3 is 6.18 Å². The molecule has 31 heavy (non-hydrogen) atoms. The van der Waals surface area contributed by atoms with Crippen LogP contribution in [0.15, 0.2) is 55.0 Å². The molecular weight excluding hydrogens is 403 g/mol. The van der Waals surface area contributed by atoms with Gasteiger partial charge in [0.2, 0.25) is 5.95 Å². The zero-order chi connectivity index (χ0) is 22.1. The molecule has 3 aromatic rings. The molecule has 0 aliphatic carbocycles. The number of halogens is 3. The molecule has 0 aliphatic heterocycles. The van der Waals surface area contributed by atoms with Crippen molar-refractivity contribution in [2.75, 3.05) is 6.54 Å². The van der Waals surface area contributed by atoms with Crippen LogP contribution in [0, 0.1) is 0 Å². The topological polar surface area (TPSA) is 55.6 Å².